The molecule has 0 bridgehead atoms. The minimum atomic E-state index is -1.33. The van der Waals surface area contributed by atoms with Gasteiger partial charge in [-0.25, -0.2) is 4.79 Å². The van der Waals surface area contributed by atoms with Crippen LogP contribution in [0.3, 0.4) is 0 Å². The lowest BCUT2D eigenvalue weighted by molar-refractivity contribution is -0.126. The third kappa shape index (κ3) is 2.17. The topological polar surface area (TPSA) is 57.6 Å². The second-order valence-corrected chi connectivity index (χ2v) is 7.78. The molecule has 2 amide bonds. The highest BCUT2D eigenvalue weighted by Gasteiger charge is 2.68. The molecule has 1 heterocycles. The molecular formula is C17H14NO3S2+. The maximum absolute atomic E-state index is 13.2. The summed E-state index contributed by atoms with van der Waals surface area (Å²) in [7, 11) is -0.770. The van der Waals surface area contributed by atoms with E-state index < -0.39 is 27.6 Å². The molecular weight excluding hydrogens is 330 g/mol. The number of amides is 2. The zero-order valence-electron chi connectivity index (χ0n) is 12.3. The molecule has 0 aromatic heterocycles. The fourth-order valence-electron chi connectivity index (χ4n) is 2.92. The summed E-state index contributed by atoms with van der Waals surface area (Å²) in [5.74, 6) is -0.502. The summed E-state index contributed by atoms with van der Waals surface area (Å²) >= 11 is 5.30. The van der Waals surface area contributed by atoms with Gasteiger partial charge < -0.3 is 5.11 Å². The third-order valence-electron chi connectivity index (χ3n) is 3.96. The second kappa shape index (κ2) is 5.79. The summed E-state index contributed by atoms with van der Waals surface area (Å²) in [5.41, 5.74) is 1.52. The van der Waals surface area contributed by atoms with Crippen molar-refractivity contribution < 1.29 is 14.7 Å². The Balaban J connectivity index is 2.32. The lowest BCUT2D eigenvalue weighted by Crippen LogP contribution is -2.43. The predicted octanol–water partition coefficient (Wildman–Crippen LogP) is 2.98. The third-order valence-corrected chi connectivity index (χ3v) is 7.16. The molecule has 23 heavy (non-hydrogen) atoms. The molecule has 0 aliphatic carbocycles. The van der Waals surface area contributed by atoms with Gasteiger partial charge in [-0.2, -0.15) is 4.90 Å². The zero-order valence-corrected chi connectivity index (χ0v) is 13.9. The van der Waals surface area contributed by atoms with E-state index in [9.17, 15) is 14.7 Å². The summed E-state index contributed by atoms with van der Waals surface area (Å²) in [6.45, 7) is 0. The number of thiocarbonyl (C=S) groups is 1. The van der Waals surface area contributed by atoms with Crippen LogP contribution < -0.4 is 0 Å². The van der Waals surface area contributed by atoms with Crippen molar-refractivity contribution in [3.8, 4) is 0 Å². The first kappa shape index (κ1) is 15.7. The Hall–Kier alpha value is -2.18. The van der Waals surface area contributed by atoms with Gasteiger partial charge in [-0.05, 0) is 12.2 Å². The number of nitrogens with zero attached hydrogens (tertiary/aromatic N) is 1. The molecule has 1 saturated heterocycles. The Morgan fingerprint density at radius 3 is 1.83 bits per heavy atom. The molecule has 1 unspecified atom stereocenters. The summed E-state index contributed by atoms with van der Waals surface area (Å²) in [6, 6.07) is 18.5. The molecule has 1 aliphatic heterocycles. The van der Waals surface area contributed by atoms with E-state index in [1.807, 2.05) is 66.9 Å². The highest BCUT2D eigenvalue weighted by molar-refractivity contribution is 8.22. The summed E-state index contributed by atoms with van der Waals surface area (Å²) in [5, 5.41) is 9.42. The van der Waals surface area contributed by atoms with Crippen molar-refractivity contribution >= 4 is 39.4 Å². The Morgan fingerprint density at radius 1 is 1.04 bits per heavy atom. The van der Waals surface area contributed by atoms with E-state index in [0.717, 1.165) is 16.0 Å². The predicted molar refractivity (Wildman–Crippen MR) is 94.4 cm³/mol. The Morgan fingerprint density at radius 2 is 1.48 bits per heavy atom. The van der Waals surface area contributed by atoms with Crippen LogP contribution >= 0.6 is 12.2 Å². The Labute approximate surface area is 142 Å². The first-order valence-corrected chi connectivity index (χ1v) is 8.94. The van der Waals surface area contributed by atoms with E-state index >= 15 is 0 Å². The summed E-state index contributed by atoms with van der Waals surface area (Å²) in [4.78, 5) is 25.4. The van der Waals surface area contributed by atoms with Crippen molar-refractivity contribution in [3.05, 3.63) is 71.8 Å². The van der Waals surface area contributed by atoms with Gasteiger partial charge in [0.05, 0.1) is 10.9 Å². The van der Waals surface area contributed by atoms with Crippen LogP contribution in [-0.4, -0.2) is 32.6 Å². The normalized spacial score (nSPS) is 19.9. The Bertz CT molecular complexity index is 737. The molecule has 1 N–H and O–H groups in total. The van der Waals surface area contributed by atoms with Gasteiger partial charge >= 0.3 is 16.3 Å². The molecule has 1 atom stereocenters. The van der Waals surface area contributed by atoms with E-state index in [-0.39, 0.29) is 4.32 Å². The van der Waals surface area contributed by atoms with Gasteiger partial charge in [0.2, 0.25) is 0 Å². The fraction of sp³-hybridized carbons (Fsp3) is 0.118. The molecule has 2 aromatic carbocycles. The zero-order chi connectivity index (χ0) is 16.6. The van der Waals surface area contributed by atoms with Gasteiger partial charge in [0.1, 0.15) is 6.26 Å². The molecule has 116 valence electrons. The number of carboxylic acid groups (broad SMARTS) is 1. The van der Waals surface area contributed by atoms with Gasteiger partial charge in [0.25, 0.3) is 4.75 Å². The van der Waals surface area contributed by atoms with Gasteiger partial charge in [-0.1, -0.05) is 60.7 Å². The van der Waals surface area contributed by atoms with Crippen LogP contribution in [-0.2, 0) is 20.4 Å². The molecule has 4 nitrogen and oxygen atoms in total. The number of imide groups is 1. The monoisotopic (exact) mass is 344 g/mol. The molecule has 3 rings (SSSR count). The quantitative estimate of drug-likeness (QED) is 0.672. The highest BCUT2D eigenvalue weighted by atomic mass is 32.2. The maximum atomic E-state index is 13.2. The first-order chi connectivity index (χ1) is 11.0. The molecule has 2 aromatic rings. The van der Waals surface area contributed by atoms with Gasteiger partial charge in [-0.15, -0.1) is 0 Å². The average Bonchev–Trinajstić information content (AvgIpc) is 2.77. The van der Waals surface area contributed by atoms with Crippen molar-refractivity contribution in [1.29, 1.82) is 0 Å². The highest BCUT2D eigenvalue weighted by Crippen LogP contribution is 2.46. The number of carbonyl (C=O) groups excluding carboxylic acids is 1. The van der Waals surface area contributed by atoms with Gasteiger partial charge in [0, 0.05) is 11.1 Å². The van der Waals surface area contributed by atoms with Crippen molar-refractivity contribution in [3.63, 3.8) is 0 Å². The van der Waals surface area contributed by atoms with Gasteiger partial charge in [0.15, 0.2) is 0 Å². The van der Waals surface area contributed by atoms with Crippen molar-refractivity contribution in [2.45, 2.75) is 4.75 Å². The van der Waals surface area contributed by atoms with E-state index in [4.69, 9.17) is 12.2 Å². The first-order valence-electron chi connectivity index (χ1n) is 6.89. The van der Waals surface area contributed by atoms with Crippen LogP contribution in [0.15, 0.2) is 60.7 Å². The van der Waals surface area contributed by atoms with E-state index in [0.29, 0.717) is 0 Å². The average molecular weight is 344 g/mol. The number of rotatable bonds is 2. The largest absolute Gasteiger partial charge is 0.464 e. The molecule has 0 radical (unpaired) electrons. The minimum Gasteiger partial charge on any atom is -0.464 e. The summed E-state index contributed by atoms with van der Waals surface area (Å²) < 4.78 is -0.923. The number of hydrogen-bond acceptors (Lipinski definition) is 3. The van der Waals surface area contributed by atoms with E-state index in [2.05, 4.69) is 0 Å². The second-order valence-electron chi connectivity index (χ2n) is 5.11. The van der Waals surface area contributed by atoms with Crippen LogP contribution in [0, 0.1) is 0 Å². The molecule has 1 aliphatic rings. The van der Waals surface area contributed by atoms with Crippen LogP contribution in [0.1, 0.15) is 11.1 Å². The van der Waals surface area contributed by atoms with Gasteiger partial charge in [-0.3, -0.25) is 4.79 Å². The molecule has 0 spiro atoms. The number of benzene rings is 2. The lowest BCUT2D eigenvalue weighted by atomic mass is 9.89. The molecule has 6 heteroatoms. The molecule has 0 saturated carbocycles. The number of carbonyl (C=O) groups is 2. The van der Waals surface area contributed by atoms with Crippen LogP contribution in [0.25, 0.3) is 0 Å². The standard InChI is InChI=1S/C17H13NO3S2/c1-23-16(22)18(15(20)21)14(19)17(23,12-8-4-2-5-9-12)13-10-6-3-7-11-13/h2-11H,1H3/p+1. The minimum absolute atomic E-state index is 0.162. The van der Waals surface area contributed by atoms with Crippen LogP contribution in [0.5, 0.6) is 0 Å². The fourth-order valence-corrected chi connectivity index (χ4v) is 5.48. The number of hydrogen-bond donors (Lipinski definition) is 1. The smallest absolute Gasteiger partial charge is 0.423 e. The Kier molecular flexibility index (Phi) is 3.95. The van der Waals surface area contributed by atoms with Crippen molar-refractivity contribution in [2.75, 3.05) is 6.26 Å². The lowest BCUT2D eigenvalue weighted by Gasteiger charge is -2.23. The van der Waals surface area contributed by atoms with Crippen molar-refractivity contribution in [1.82, 2.24) is 4.90 Å². The SMILES string of the molecule is C[S+]1C(=S)N(C(=O)O)C(=O)C1(c1ccccc1)c1ccccc1. The van der Waals surface area contributed by atoms with Crippen LogP contribution in [0.2, 0.25) is 0 Å². The van der Waals surface area contributed by atoms with E-state index in [1.54, 1.807) is 0 Å². The summed E-state index contributed by atoms with van der Waals surface area (Å²) in [6.07, 6.45) is 0.511. The van der Waals surface area contributed by atoms with E-state index in [1.165, 1.54) is 0 Å². The van der Waals surface area contributed by atoms with Crippen molar-refractivity contribution in [2.24, 2.45) is 0 Å². The maximum Gasteiger partial charge on any atom is 0.423 e. The van der Waals surface area contributed by atoms with Crippen LogP contribution in [0.4, 0.5) is 4.79 Å². The molecule has 1 fully saturated rings.